The molecule has 0 bridgehead atoms. The predicted octanol–water partition coefficient (Wildman–Crippen LogP) is 3.54. The van der Waals surface area contributed by atoms with Crippen LogP contribution >= 0.6 is 23.8 Å². The van der Waals surface area contributed by atoms with Gasteiger partial charge in [-0.25, -0.2) is 0 Å². The predicted molar refractivity (Wildman–Crippen MR) is 75.5 cm³/mol. The Morgan fingerprint density at radius 2 is 1.94 bits per heavy atom. The fraction of sp³-hybridized carbons (Fsp3) is 0. The van der Waals surface area contributed by atoms with E-state index in [1.807, 2.05) is 30.3 Å². The SMILES string of the molecule is S=C(Nc1cccnc1)Nc1ccccc1Cl. The van der Waals surface area contributed by atoms with E-state index in [2.05, 4.69) is 15.6 Å². The smallest absolute Gasteiger partial charge is 0.175 e. The summed E-state index contributed by atoms with van der Waals surface area (Å²) in [7, 11) is 0. The van der Waals surface area contributed by atoms with Gasteiger partial charge in [0.25, 0.3) is 0 Å². The monoisotopic (exact) mass is 263 g/mol. The zero-order valence-electron chi connectivity index (χ0n) is 8.85. The average Bonchev–Trinajstić information content (AvgIpc) is 2.33. The Hall–Kier alpha value is -1.65. The standard InChI is InChI=1S/C12H10ClN3S/c13-10-5-1-2-6-11(10)16-12(17)15-9-4-3-7-14-8-9/h1-8H,(H2,15,16,17). The Kier molecular flexibility index (Phi) is 3.90. The van der Waals surface area contributed by atoms with Gasteiger partial charge < -0.3 is 10.6 Å². The molecule has 0 saturated heterocycles. The number of hydrogen-bond acceptors (Lipinski definition) is 2. The minimum atomic E-state index is 0.478. The number of halogens is 1. The van der Waals surface area contributed by atoms with E-state index < -0.39 is 0 Å². The first-order valence-electron chi connectivity index (χ1n) is 4.98. The summed E-state index contributed by atoms with van der Waals surface area (Å²) >= 11 is 11.2. The van der Waals surface area contributed by atoms with Crippen LogP contribution in [0.2, 0.25) is 5.02 Å². The Bertz CT molecular complexity index is 516. The summed E-state index contributed by atoms with van der Waals surface area (Å²) in [6, 6.07) is 11.1. The lowest BCUT2D eigenvalue weighted by molar-refractivity contribution is 1.33. The summed E-state index contributed by atoms with van der Waals surface area (Å²) in [5.41, 5.74) is 1.60. The molecule has 5 heteroatoms. The molecule has 1 heterocycles. The van der Waals surface area contributed by atoms with Crippen LogP contribution in [0, 0.1) is 0 Å². The van der Waals surface area contributed by atoms with Crippen molar-refractivity contribution in [2.45, 2.75) is 0 Å². The highest BCUT2D eigenvalue weighted by Gasteiger charge is 2.01. The second-order valence-electron chi connectivity index (χ2n) is 3.30. The van der Waals surface area contributed by atoms with Crippen molar-refractivity contribution in [3.8, 4) is 0 Å². The maximum absolute atomic E-state index is 6.01. The fourth-order valence-corrected chi connectivity index (χ4v) is 1.69. The number of nitrogens with one attached hydrogen (secondary N) is 2. The first-order valence-corrected chi connectivity index (χ1v) is 5.77. The zero-order chi connectivity index (χ0) is 12.1. The summed E-state index contributed by atoms with van der Waals surface area (Å²) < 4.78 is 0. The number of rotatable bonds is 2. The molecule has 1 aromatic heterocycles. The van der Waals surface area contributed by atoms with E-state index in [1.54, 1.807) is 18.5 Å². The third-order valence-electron chi connectivity index (χ3n) is 2.04. The number of benzene rings is 1. The van der Waals surface area contributed by atoms with E-state index in [0.29, 0.717) is 10.1 Å². The van der Waals surface area contributed by atoms with Crippen LogP contribution in [-0.2, 0) is 0 Å². The molecule has 0 unspecified atom stereocenters. The summed E-state index contributed by atoms with van der Waals surface area (Å²) in [5, 5.41) is 7.14. The highest BCUT2D eigenvalue weighted by atomic mass is 35.5. The largest absolute Gasteiger partial charge is 0.331 e. The molecule has 0 aliphatic carbocycles. The molecule has 0 radical (unpaired) electrons. The Morgan fingerprint density at radius 1 is 1.12 bits per heavy atom. The number of thiocarbonyl (C=S) groups is 1. The molecule has 0 amide bonds. The van der Waals surface area contributed by atoms with Crippen LogP contribution in [0.4, 0.5) is 11.4 Å². The molecule has 3 nitrogen and oxygen atoms in total. The number of aromatic nitrogens is 1. The molecule has 17 heavy (non-hydrogen) atoms. The fourth-order valence-electron chi connectivity index (χ4n) is 1.28. The Morgan fingerprint density at radius 3 is 2.65 bits per heavy atom. The van der Waals surface area contributed by atoms with Crippen LogP contribution < -0.4 is 10.6 Å². The average molecular weight is 264 g/mol. The van der Waals surface area contributed by atoms with Crippen molar-refractivity contribution in [1.29, 1.82) is 0 Å². The van der Waals surface area contributed by atoms with E-state index in [1.165, 1.54) is 0 Å². The first kappa shape index (κ1) is 11.8. The molecular weight excluding hydrogens is 254 g/mol. The van der Waals surface area contributed by atoms with Crippen molar-refractivity contribution in [1.82, 2.24) is 4.98 Å². The lowest BCUT2D eigenvalue weighted by Gasteiger charge is -2.11. The Balaban J connectivity index is 2.01. The molecule has 2 aromatic rings. The van der Waals surface area contributed by atoms with Gasteiger partial charge in [0.15, 0.2) is 5.11 Å². The van der Waals surface area contributed by atoms with Gasteiger partial charge in [-0.15, -0.1) is 0 Å². The third kappa shape index (κ3) is 3.41. The van der Waals surface area contributed by atoms with Crippen LogP contribution in [0.3, 0.4) is 0 Å². The number of para-hydroxylation sites is 1. The van der Waals surface area contributed by atoms with Crippen LogP contribution in [-0.4, -0.2) is 10.1 Å². The van der Waals surface area contributed by atoms with Crippen molar-refractivity contribution >= 4 is 40.3 Å². The van der Waals surface area contributed by atoms with Gasteiger partial charge in [0.05, 0.1) is 22.6 Å². The maximum Gasteiger partial charge on any atom is 0.175 e. The molecule has 2 rings (SSSR count). The molecule has 0 aliphatic rings. The molecule has 0 fully saturated rings. The molecule has 1 aromatic carbocycles. The summed E-state index contributed by atoms with van der Waals surface area (Å²) in [5.74, 6) is 0. The van der Waals surface area contributed by atoms with Gasteiger partial charge in [0.2, 0.25) is 0 Å². The normalized spacial score (nSPS) is 9.71. The van der Waals surface area contributed by atoms with Gasteiger partial charge in [-0.3, -0.25) is 4.98 Å². The van der Waals surface area contributed by atoms with E-state index in [4.69, 9.17) is 23.8 Å². The highest BCUT2D eigenvalue weighted by molar-refractivity contribution is 7.80. The number of pyridine rings is 1. The van der Waals surface area contributed by atoms with Crippen LogP contribution in [0.25, 0.3) is 0 Å². The quantitative estimate of drug-likeness (QED) is 0.813. The maximum atomic E-state index is 6.01. The lowest BCUT2D eigenvalue weighted by Crippen LogP contribution is -2.19. The minimum absolute atomic E-state index is 0.478. The Labute approximate surface area is 110 Å². The van der Waals surface area contributed by atoms with Crippen molar-refractivity contribution in [3.63, 3.8) is 0 Å². The lowest BCUT2D eigenvalue weighted by atomic mass is 10.3. The van der Waals surface area contributed by atoms with Gasteiger partial charge in [-0.05, 0) is 36.5 Å². The molecule has 0 atom stereocenters. The summed E-state index contributed by atoms with van der Waals surface area (Å²) in [6.07, 6.45) is 3.40. The van der Waals surface area contributed by atoms with Gasteiger partial charge in [0, 0.05) is 6.20 Å². The van der Waals surface area contributed by atoms with E-state index in [0.717, 1.165) is 11.4 Å². The minimum Gasteiger partial charge on any atom is -0.331 e. The van der Waals surface area contributed by atoms with Gasteiger partial charge in [0.1, 0.15) is 0 Å². The molecule has 0 saturated carbocycles. The summed E-state index contributed by atoms with van der Waals surface area (Å²) in [4.78, 5) is 3.99. The molecule has 86 valence electrons. The second kappa shape index (κ2) is 5.61. The van der Waals surface area contributed by atoms with Gasteiger partial charge in [-0.1, -0.05) is 23.7 Å². The second-order valence-corrected chi connectivity index (χ2v) is 4.12. The van der Waals surface area contributed by atoms with E-state index >= 15 is 0 Å². The van der Waals surface area contributed by atoms with Crippen molar-refractivity contribution in [2.24, 2.45) is 0 Å². The van der Waals surface area contributed by atoms with Crippen LogP contribution in [0.5, 0.6) is 0 Å². The summed E-state index contributed by atoms with van der Waals surface area (Å²) in [6.45, 7) is 0. The first-order chi connectivity index (χ1) is 8.25. The van der Waals surface area contributed by atoms with E-state index in [-0.39, 0.29) is 0 Å². The topological polar surface area (TPSA) is 37.0 Å². The zero-order valence-corrected chi connectivity index (χ0v) is 10.4. The van der Waals surface area contributed by atoms with Crippen molar-refractivity contribution in [2.75, 3.05) is 10.6 Å². The highest BCUT2D eigenvalue weighted by Crippen LogP contribution is 2.20. The molecular formula is C12H10ClN3S. The molecule has 0 spiro atoms. The molecule has 0 aliphatic heterocycles. The molecule has 2 N–H and O–H groups in total. The number of nitrogens with zero attached hydrogens (tertiary/aromatic N) is 1. The van der Waals surface area contributed by atoms with Crippen LogP contribution in [0.1, 0.15) is 0 Å². The number of anilines is 2. The van der Waals surface area contributed by atoms with Crippen LogP contribution in [0.15, 0.2) is 48.8 Å². The van der Waals surface area contributed by atoms with Gasteiger partial charge >= 0.3 is 0 Å². The van der Waals surface area contributed by atoms with Crippen molar-refractivity contribution in [3.05, 3.63) is 53.8 Å². The number of hydrogen-bond donors (Lipinski definition) is 2. The van der Waals surface area contributed by atoms with Gasteiger partial charge in [-0.2, -0.15) is 0 Å². The third-order valence-corrected chi connectivity index (χ3v) is 2.58. The van der Waals surface area contributed by atoms with E-state index in [9.17, 15) is 0 Å². The van der Waals surface area contributed by atoms with Crippen molar-refractivity contribution < 1.29 is 0 Å².